The average Bonchev–Trinajstić information content (AvgIpc) is 2.25. The molecule has 0 aromatic heterocycles. The Morgan fingerprint density at radius 3 is 3.13 bits per heavy atom. The number of hydrazone groups is 1. The fourth-order valence-electron chi connectivity index (χ4n) is 1.66. The average molecular weight is 225 g/mol. The molecular formula is C11H19N3S. The molecule has 0 amide bonds. The van der Waals surface area contributed by atoms with Crippen LogP contribution in [0, 0.1) is 5.92 Å². The molecule has 0 bridgehead atoms. The summed E-state index contributed by atoms with van der Waals surface area (Å²) in [4.78, 5) is 0. The summed E-state index contributed by atoms with van der Waals surface area (Å²) in [6, 6.07) is 0. The van der Waals surface area contributed by atoms with Crippen LogP contribution in [0.2, 0.25) is 0 Å². The van der Waals surface area contributed by atoms with E-state index in [2.05, 4.69) is 29.3 Å². The van der Waals surface area contributed by atoms with E-state index in [0.29, 0.717) is 17.6 Å². The van der Waals surface area contributed by atoms with E-state index >= 15 is 0 Å². The van der Waals surface area contributed by atoms with Crippen molar-refractivity contribution in [1.29, 1.82) is 0 Å². The third-order valence-electron chi connectivity index (χ3n) is 2.60. The lowest BCUT2D eigenvalue weighted by molar-refractivity contribution is 0.555. The van der Waals surface area contributed by atoms with E-state index in [1.54, 1.807) is 6.08 Å². The van der Waals surface area contributed by atoms with Gasteiger partial charge in [0.15, 0.2) is 5.11 Å². The molecule has 1 rings (SSSR count). The van der Waals surface area contributed by atoms with E-state index in [1.165, 1.54) is 25.0 Å². The second-order valence-electron chi connectivity index (χ2n) is 3.86. The maximum Gasteiger partial charge on any atom is 0.187 e. The van der Waals surface area contributed by atoms with Crippen LogP contribution < -0.4 is 10.7 Å². The molecule has 1 fully saturated rings. The van der Waals surface area contributed by atoms with Gasteiger partial charge in [-0.1, -0.05) is 19.4 Å². The zero-order chi connectivity index (χ0) is 11.1. The third-order valence-corrected chi connectivity index (χ3v) is 2.83. The summed E-state index contributed by atoms with van der Waals surface area (Å²) in [6.45, 7) is 6.50. The number of thiocarbonyl (C=S) groups is 1. The van der Waals surface area contributed by atoms with Crippen LogP contribution in [0.25, 0.3) is 0 Å². The Morgan fingerprint density at radius 2 is 2.47 bits per heavy atom. The van der Waals surface area contributed by atoms with Crippen molar-refractivity contribution in [2.24, 2.45) is 11.0 Å². The minimum Gasteiger partial charge on any atom is -0.358 e. The number of hydrogen-bond donors (Lipinski definition) is 2. The molecule has 0 heterocycles. The maximum atomic E-state index is 5.05. The quantitative estimate of drug-likeness (QED) is 0.439. The van der Waals surface area contributed by atoms with E-state index in [-0.39, 0.29) is 0 Å². The van der Waals surface area contributed by atoms with Crippen LogP contribution in [0.1, 0.15) is 32.6 Å². The minimum absolute atomic E-state index is 0.570. The number of rotatable bonds is 3. The number of nitrogens with one attached hydrogen (secondary N) is 2. The zero-order valence-electron chi connectivity index (χ0n) is 9.25. The lowest BCUT2D eigenvalue weighted by Gasteiger charge is -2.20. The number of hydrogen-bond acceptors (Lipinski definition) is 2. The molecule has 3 nitrogen and oxygen atoms in total. The molecule has 4 heteroatoms. The summed E-state index contributed by atoms with van der Waals surface area (Å²) in [7, 11) is 0. The van der Waals surface area contributed by atoms with Crippen molar-refractivity contribution in [2.45, 2.75) is 32.6 Å². The Kier molecular flexibility index (Phi) is 5.32. The van der Waals surface area contributed by atoms with Gasteiger partial charge in [-0.15, -0.1) is 6.58 Å². The lowest BCUT2D eigenvalue weighted by atomic mass is 9.89. The minimum atomic E-state index is 0.570. The fraction of sp³-hybridized carbons (Fsp3) is 0.636. The molecule has 1 aliphatic rings. The van der Waals surface area contributed by atoms with E-state index in [1.807, 2.05) is 0 Å². The predicted octanol–water partition coefficient (Wildman–Crippen LogP) is 2.20. The molecule has 0 aliphatic heterocycles. The normalized spacial score (nSPS) is 23.5. The van der Waals surface area contributed by atoms with Crippen molar-refractivity contribution < 1.29 is 0 Å². The molecule has 0 aromatic rings. The highest BCUT2D eigenvalue weighted by Gasteiger charge is 2.15. The molecule has 2 N–H and O–H groups in total. The van der Waals surface area contributed by atoms with Crippen molar-refractivity contribution >= 4 is 23.0 Å². The highest BCUT2D eigenvalue weighted by atomic mass is 32.1. The fourth-order valence-corrected chi connectivity index (χ4v) is 1.79. The van der Waals surface area contributed by atoms with Gasteiger partial charge >= 0.3 is 0 Å². The summed E-state index contributed by atoms with van der Waals surface area (Å²) in [5.41, 5.74) is 4.12. The second-order valence-corrected chi connectivity index (χ2v) is 4.27. The first kappa shape index (κ1) is 12.2. The molecule has 0 spiro atoms. The SMILES string of the molecule is C=CCNC(=S)N/N=C1/CCCC[C@H]1C. The Bertz CT molecular complexity index is 261. The van der Waals surface area contributed by atoms with Crippen LogP contribution in [0.15, 0.2) is 17.8 Å². The van der Waals surface area contributed by atoms with Gasteiger partial charge in [0.2, 0.25) is 0 Å². The van der Waals surface area contributed by atoms with Crippen LogP contribution in [0.5, 0.6) is 0 Å². The molecule has 15 heavy (non-hydrogen) atoms. The van der Waals surface area contributed by atoms with Gasteiger partial charge in [-0.3, -0.25) is 5.43 Å². The monoisotopic (exact) mass is 225 g/mol. The van der Waals surface area contributed by atoms with Gasteiger partial charge < -0.3 is 5.32 Å². The van der Waals surface area contributed by atoms with Crippen LogP contribution in [-0.4, -0.2) is 17.4 Å². The molecule has 1 atom stereocenters. The second kappa shape index (κ2) is 6.56. The van der Waals surface area contributed by atoms with Crippen LogP contribution >= 0.6 is 12.2 Å². The summed E-state index contributed by atoms with van der Waals surface area (Å²) in [5, 5.41) is 7.90. The molecular weight excluding hydrogens is 206 g/mol. The Labute approximate surface area is 97.0 Å². The Hall–Kier alpha value is -0.900. The zero-order valence-corrected chi connectivity index (χ0v) is 10.1. The largest absolute Gasteiger partial charge is 0.358 e. The first-order chi connectivity index (χ1) is 7.24. The van der Waals surface area contributed by atoms with Gasteiger partial charge in [0.25, 0.3) is 0 Å². The highest BCUT2D eigenvalue weighted by molar-refractivity contribution is 7.80. The summed E-state index contributed by atoms with van der Waals surface area (Å²) >= 11 is 5.05. The molecule has 1 aliphatic carbocycles. The summed E-state index contributed by atoms with van der Waals surface area (Å²) < 4.78 is 0. The van der Waals surface area contributed by atoms with Gasteiger partial charge in [-0.05, 0) is 37.4 Å². The van der Waals surface area contributed by atoms with Crippen molar-refractivity contribution in [3.05, 3.63) is 12.7 Å². The van der Waals surface area contributed by atoms with Crippen LogP contribution in [0.3, 0.4) is 0 Å². The predicted molar refractivity (Wildman–Crippen MR) is 69.0 cm³/mol. The third kappa shape index (κ3) is 4.42. The molecule has 84 valence electrons. The first-order valence-electron chi connectivity index (χ1n) is 5.45. The van der Waals surface area contributed by atoms with Gasteiger partial charge in [0, 0.05) is 12.3 Å². The molecule has 0 radical (unpaired) electrons. The van der Waals surface area contributed by atoms with E-state index in [9.17, 15) is 0 Å². The lowest BCUT2D eigenvalue weighted by Crippen LogP contribution is -2.33. The van der Waals surface area contributed by atoms with Gasteiger partial charge in [0.05, 0.1) is 0 Å². The molecule has 0 saturated heterocycles. The van der Waals surface area contributed by atoms with E-state index in [0.717, 1.165) is 6.42 Å². The van der Waals surface area contributed by atoms with E-state index in [4.69, 9.17) is 12.2 Å². The van der Waals surface area contributed by atoms with Crippen LogP contribution in [0.4, 0.5) is 0 Å². The smallest absolute Gasteiger partial charge is 0.187 e. The van der Waals surface area contributed by atoms with Crippen molar-refractivity contribution in [2.75, 3.05) is 6.54 Å². The highest BCUT2D eigenvalue weighted by Crippen LogP contribution is 2.20. The van der Waals surface area contributed by atoms with Crippen molar-refractivity contribution in [1.82, 2.24) is 10.7 Å². The van der Waals surface area contributed by atoms with Crippen LogP contribution in [-0.2, 0) is 0 Å². The van der Waals surface area contributed by atoms with Crippen molar-refractivity contribution in [3.8, 4) is 0 Å². The Balaban J connectivity index is 2.34. The summed E-state index contributed by atoms with van der Waals surface area (Å²) in [5.74, 6) is 0.591. The molecule has 0 aromatic carbocycles. The summed E-state index contributed by atoms with van der Waals surface area (Å²) in [6.07, 6.45) is 6.67. The van der Waals surface area contributed by atoms with E-state index < -0.39 is 0 Å². The Morgan fingerprint density at radius 1 is 1.67 bits per heavy atom. The number of nitrogens with zero attached hydrogens (tertiary/aromatic N) is 1. The van der Waals surface area contributed by atoms with Crippen molar-refractivity contribution in [3.63, 3.8) is 0 Å². The molecule has 0 unspecified atom stereocenters. The first-order valence-corrected chi connectivity index (χ1v) is 5.86. The maximum absolute atomic E-state index is 5.05. The molecule has 1 saturated carbocycles. The topological polar surface area (TPSA) is 36.4 Å². The van der Waals surface area contributed by atoms with Gasteiger partial charge in [-0.2, -0.15) is 5.10 Å². The van der Waals surface area contributed by atoms with Gasteiger partial charge in [-0.25, -0.2) is 0 Å². The standard InChI is InChI=1S/C11H19N3S/c1-3-8-12-11(15)14-13-10-7-5-4-6-9(10)2/h3,9H,1,4-8H2,2H3,(H2,12,14,15)/b13-10-/t9-/m1/s1. The van der Waals surface area contributed by atoms with Gasteiger partial charge in [0.1, 0.15) is 0 Å².